The van der Waals surface area contributed by atoms with E-state index in [1.807, 2.05) is 26.8 Å². The third-order valence-corrected chi connectivity index (χ3v) is 6.48. The van der Waals surface area contributed by atoms with E-state index >= 15 is 0 Å². The van der Waals surface area contributed by atoms with Crippen LogP contribution in [0.1, 0.15) is 32.8 Å². The summed E-state index contributed by atoms with van der Waals surface area (Å²) in [6, 6.07) is 12.7. The van der Waals surface area contributed by atoms with E-state index in [0.717, 1.165) is 16.1 Å². The van der Waals surface area contributed by atoms with Crippen molar-refractivity contribution in [2.75, 3.05) is 31.3 Å². The highest BCUT2D eigenvalue weighted by atomic mass is 32.2. The summed E-state index contributed by atoms with van der Waals surface area (Å²) in [5.74, 6) is 0.379. The van der Waals surface area contributed by atoms with Gasteiger partial charge in [0.15, 0.2) is 0 Å². The number of hydrogen-bond acceptors (Lipinski definition) is 6. The Morgan fingerprint density at radius 1 is 1.00 bits per heavy atom. The molecule has 10 heteroatoms. The van der Waals surface area contributed by atoms with E-state index in [4.69, 9.17) is 9.47 Å². The Hall–Kier alpha value is -3.27. The predicted molar refractivity (Wildman–Crippen MR) is 136 cm³/mol. The maximum atomic E-state index is 13.6. The van der Waals surface area contributed by atoms with Gasteiger partial charge in [0.05, 0.1) is 26.2 Å². The Bertz CT molecular complexity index is 1100. The molecule has 1 unspecified atom stereocenters. The van der Waals surface area contributed by atoms with E-state index in [-0.39, 0.29) is 18.5 Å². The van der Waals surface area contributed by atoms with Gasteiger partial charge in [-0.1, -0.05) is 19.1 Å². The summed E-state index contributed by atoms with van der Waals surface area (Å²) < 4.78 is 36.7. The summed E-state index contributed by atoms with van der Waals surface area (Å²) in [4.78, 5) is 28.0. The molecule has 2 amide bonds. The van der Waals surface area contributed by atoms with Gasteiger partial charge in [-0.25, -0.2) is 8.42 Å². The van der Waals surface area contributed by atoms with E-state index < -0.39 is 28.5 Å². The van der Waals surface area contributed by atoms with Crippen LogP contribution in [0.25, 0.3) is 0 Å². The number of carbonyl (C=O) groups is 2. The van der Waals surface area contributed by atoms with E-state index in [0.29, 0.717) is 23.6 Å². The number of carbonyl (C=O) groups excluding carboxylic acids is 2. The van der Waals surface area contributed by atoms with Gasteiger partial charge in [-0.2, -0.15) is 0 Å². The van der Waals surface area contributed by atoms with E-state index in [1.165, 1.54) is 12.0 Å². The average molecular weight is 506 g/mol. The van der Waals surface area contributed by atoms with Gasteiger partial charge < -0.3 is 19.7 Å². The second kappa shape index (κ2) is 12.4. The highest BCUT2D eigenvalue weighted by molar-refractivity contribution is 7.92. The zero-order valence-electron chi connectivity index (χ0n) is 21.1. The second-order valence-electron chi connectivity index (χ2n) is 8.43. The average Bonchev–Trinajstić information content (AvgIpc) is 2.81. The van der Waals surface area contributed by atoms with Gasteiger partial charge in [0, 0.05) is 12.6 Å². The first kappa shape index (κ1) is 28.0. The molecule has 0 saturated carbocycles. The molecule has 1 N–H and O–H groups in total. The highest BCUT2D eigenvalue weighted by Crippen LogP contribution is 2.23. The number of sulfonamides is 1. The van der Waals surface area contributed by atoms with Crippen LogP contribution in [0, 0.1) is 0 Å². The Morgan fingerprint density at radius 3 is 2.14 bits per heavy atom. The van der Waals surface area contributed by atoms with Crippen molar-refractivity contribution >= 4 is 27.5 Å². The highest BCUT2D eigenvalue weighted by Gasteiger charge is 2.32. The number of nitrogens with one attached hydrogen (secondary N) is 1. The topological polar surface area (TPSA) is 105 Å². The van der Waals surface area contributed by atoms with E-state index in [2.05, 4.69) is 5.32 Å². The van der Waals surface area contributed by atoms with Crippen molar-refractivity contribution in [3.63, 3.8) is 0 Å². The summed E-state index contributed by atoms with van der Waals surface area (Å²) in [6.07, 6.45) is 1.40. The molecule has 0 spiro atoms. The SMILES string of the molecule is CCC(C(=O)NC(C)C)N(Cc1cccc(OC)c1)C(=O)CN(c1ccc(OC)cc1)S(C)(=O)=O. The lowest BCUT2D eigenvalue weighted by Crippen LogP contribution is -2.53. The fraction of sp³-hybridized carbons (Fsp3) is 0.440. The monoisotopic (exact) mass is 505 g/mol. The fourth-order valence-corrected chi connectivity index (χ4v) is 4.48. The van der Waals surface area contributed by atoms with Crippen LogP contribution in [0.2, 0.25) is 0 Å². The predicted octanol–water partition coefficient (Wildman–Crippen LogP) is 2.80. The van der Waals surface area contributed by atoms with Crippen LogP contribution < -0.4 is 19.1 Å². The van der Waals surface area contributed by atoms with Gasteiger partial charge >= 0.3 is 0 Å². The molecule has 0 radical (unpaired) electrons. The number of amides is 2. The summed E-state index contributed by atoms with van der Waals surface area (Å²) >= 11 is 0. The summed E-state index contributed by atoms with van der Waals surface area (Å²) in [7, 11) is -0.739. The standard InChI is InChI=1S/C25H35N3O6S/c1-7-23(25(30)26-18(2)3)27(16-19-9-8-10-22(15-19)34-5)24(29)17-28(35(6,31)32)20-11-13-21(33-4)14-12-20/h8-15,18,23H,7,16-17H2,1-6H3,(H,26,30). The third-order valence-electron chi connectivity index (χ3n) is 5.34. The summed E-state index contributed by atoms with van der Waals surface area (Å²) in [5, 5.41) is 2.86. The normalized spacial score (nSPS) is 12.1. The lowest BCUT2D eigenvalue weighted by atomic mass is 10.1. The Labute approximate surface area is 208 Å². The minimum Gasteiger partial charge on any atom is -0.497 e. The van der Waals surface area contributed by atoms with Crippen LogP contribution in [0.15, 0.2) is 48.5 Å². The van der Waals surface area contributed by atoms with Crippen molar-refractivity contribution in [2.45, 2.75) is 45.8 Å². The van der Waals surface area contributed by atoms with Crippen LogP contribution in [0.5, 0.6) is 11.5 Å². The molecular formula is C25H35N3O6S. The Morgan fingerprint density at radius 2 is 1.63 bits per heavy atom. The van der Waals surface area contributed by atoms with Gasteiger partial charge in [-0.3, -0.25) is 13.9 Å². The number of nitrogens with zero attached hydrogens (tertiary/aromatic N) is 2. The molecule has 35 heavy (non-hydrogen) atoms. The Kier molecular flexibility index (Phi) is 9.94. The third kappa shape index (κ3) is 7.88. The zero-order valence-corrected chi connectivity index (χ0v) is 22.0. The Balaban J connectivity index is 2.44. The second-order valence-corrected chi connectivity index (χ2v) is 10.3. The number of anilines is 1. The number of rotatable bonds is 12. The zero-order chi connectivity index (χ0) is 26.2. The largest absolute Gasteiger partial charge is 0.497 e. The molecule has 0 bridgehead atoms. The minimum absolute atomic E-state index is 0.111. The summed E-state index contributed by atoms with van der Waals surface area (Å²) in [6.45, 7) is 5.15. The maximum absolute atomic E-state index is 13.6. The maximum Gasteiger partial charge on any atom is 0.244 e. The molecule has 1 atom stereocenters. The molecule has 9 nitrogen and oxygen atoms in total. The lowest BCUT2D eigenvalue weighted by molar-refractivity contribution is -0.140. The van der Waals surface area contributed by atoms with Crippen molar-refractivity contribution in [3.05, 3.63) is 54.1 Å². The van der Waals surface area contributed by atoms with Crippen molar-refractivity contribution in [1.82, 2.24) is 10.2 Å². The number of methoxy groups -OCH3 is 2. The van der Waals surface area contributed by atoms with E-state index in [1.54, 1.807) is 49.6 Å². The minimum atomic E-state index is -3.80. The molecule has 192 valence electrons. The van der Waals surface area contributed by atoms with Gasteiger partial charge in [0.25, 0.3) is 0 Å². The van der Waals surface area contributed by atoms with Gasteiger partial charge in [0.1, 0.15) is 24.1 Å². The lowest BCUT2D eigenvalue weighted by Gasteiger charge is -2.33. The number of benzene rings is 2. The first-order valence-corrected chi connectivity index (χ1v) is 13.2. The molecule has 0 fully saturated rings. The van der Waals surface area contributed by atoms with Crippen molar-refractivity contribution in [1.29, 1.82) is 0 Å². The number of ether oxygens (including phenoxy) is 2. The molecule has 0 aromatic heterocycles. The van der Waals surface area contributed by atoms with Crippen LogP contribution >= 0.6 is 0 Å². The van der Waals surface area contributed by atoms with Gasteiger partial charge in [-0.05, 0) is 62.2 Å². The van der Waals surface area contributed by atoms with Crippen LogP contribution in [0.4, 0.5) is 5.69 Å². The van der Waals surface area contributed by atoms with Gasteiger partial charge in [0.2, 0.25) is 21.8 Å². The smallest absolute Gasteiger partial charge is 0.244 e. The van der Waals surface area contributed by atoms with Crippen molar-refractivity contribution in [2.24, 2.45) is 0 Å². The molecule has 0 aliphatic carbocycles. The van der Waals surface area contributed by atoms with Crippen LogP contribution in [0.3, 0.4) is 0 Å². The first-order valence-electron chi connectivity index (χ1n) is 11.3. The van der Waals surface area contributed by atoms with Crippen molar-refractivity contribution in [3.8, 4) is 11.5 Å². The van der Waals surface area contributed by atoms with Crippen LogP contribution in [-0.4, -0.2) is 64.2 Å². The van der Waals surface area contributed by atoms with Crippen LogP contribution in [-0.2, 0) is 26.2 Å². The molecule has 0 saturated heterocycles. The van der Waals surface area contributed by atoms with Crippen molar-refractivity contribution < 1.29 is 27.5 Å². The number of hydrogen-bond donors (Lipinski definition) is 1. The first-order chi connectivity index (χ1) is 16.5. The van der Waals surface area contributed by atoms with Gasteiger partial charge in [-0.15, -0.1) is 0 Å². The quantitative estimate of drug-likeness (QED) is 0.476. The molecular weight excluding hydrogens is 470 g/mol. The van der Waals surface area contributed by atoms with E-state index in [9.17, 15) is 18.0 Å². The molecule has 0 heterocycles. The fourth-order valence-electron chi connectivity index (χ4n) is 3.63. The molecule has 0 aliphatic rings. The molecule has 2 aromatic carbocycles. The summed E-state index contributed by atoms with van der Waals surface area (Å²) in [5.41, 5.74) is 1.08. The molecule has 2 aromatic rings. The molecule has 2 rings (SSSR count). The molecule has 0 aliphatic heterocycles.